The van der Waals surface area contributed by atoms with Gasteiger partial charge in [0.15, 0.2) is 0 Å². The highest BCUT2D eigenvalue weighted by Crippen LogP contribution is 2.30. The van der Waals surface area contributed by atoms with Crippen LogP contribution >= 0.6 is 0 Å². The third-order valence-corrected chi connectivity index (χ3v) is 7.71. The lowest BCUT2D eigenvalue weighted by Gasteiger charge is -2.24. The summed E-state index contributed by atoms with van der Waals surface area (Å²) in [4.78, 5) is 12.7. The Morgan fingerprint density at radius 1 is 0.944 bits per heavy atom. The number of hydrogen-bond donors (Lipinski definition) is 2. The van der Waals surface area contributed by atoms with Gasteiger partial charge in [0.25, 0.3) is 10.0 Å². The number of ether oxygens (including phenoxy) is 1. The van der Waals surface area contributed by atoms with Gasteiger partial charge in [-0.15, -0.1) is 0 Å². The molecular weight excluding hydrogens is 502 g/mol. The van der Waals surface area contributed by atoms with Crippen molar-refractivity contribution in [3.63, 3.8) is 0 Å². The SMILES string of the molecule is CCOc1ccccc1N(CC(=O)Nc1ccc(S(=O)(=O)Nc2cc(C)ccc2C)cc1)S(C)(=O)=O. The van der Waals surface area contributed by atoms with Crippen molar-refractivity contribution in [1.29, 1.82) is 0 Å². The van der Waals surface area contributed by atoms with Gasteiger partial charge in [-0.25, -0.2) is 16.8 Å². The normalized spacial score (nSPS) is 11.6. The fourth-order valence-corrected chi connectivity index (χ4v) is 5.40. The maximum Gasteiger partial charge on any atom is 0.261 e. The van der Waals surface area contributed by atoms with Crippen LogP contribution in [0.1, 0.15) is 18.1 Å². The monoisotopic (exact) mass is 531 g/mol. The molecule has 0 radical (unpaired) electrons. The number of nitrogens with zero attached hydrogens (tertiary/aromatic N) is 1. The van der Waals surface area contributed by atoms with Gasteiger partial charge in [0, 0.05) is 5.69 Å². The summed E-state index contributed by atoms with van der Waals surface area (Å²) in [7, 11) is -7.65. The molecule has 0 atom stereocenters. The second-order valence-corrected chi connectivity index (χ2v) is 11.8. The quantitative estimate of drug-likeness (QED) is 0.409. The first-order valence-electron chi connectivity index (χ1n) is 11.1. The first-order chi connectivity index (χ1) is 16.9. The highest BCUT2D eigenvalue weighted by atomic mass is 32.2. The van der Waals surface area contributed by atoms with Crippen LogP contribution in [0, 0.1) is 13.8 Å². The van der Waals surface area contributed by atoms with Crippen molar-refractivity contribution in [1.82, 2.24) is 0 Å². The van der Waals surface area contributed by atoms with E-state index in [1.807, 2.05) is 26.0 Å². The van der Waals surface area contributed by atoms with Gasteiger partial charge in [0.2, 0.25) is 15.9 Å². The second-order valence-electron chi connectivity index (χ2n) is 8.17. The van der Waals surface area contributed by atoms with E-state index in [4.69, 9.17) is 4.74 Å². The fraction of sp³-hybridized carbons (Fsp3) is 0.240. The molecule has 3 aromatic carbocycles. The Balaban J connectivity index is 1.75. The number of benzene rings is 3. The number of nitrogens with one attached hydrogen (secondary N) is 2. The Morgan fingerprint density at radius 2 is 1.61 bits per heavy atom. The van der Waals surface area contributed by atoms with Gasteiger partial charge in [0.05, 0.1) is 29.1 Å². The van der Waals surface area contributed by atoms with E-state index in [1.165, 1.54) is 24.3 Å². The minimum atomic E-state index is -3.85. The summed E-state index contributed by atoms with van der Waals surface area (Å²) in [6.07, 6.45) is 1.01. The van der Waals surface area contributed by atoms with Crippen LogP contribution in [0.25, 0.3) is 0 Å². The summed E-state index contributed by atoms with van der Waals surface area (Å²) in [6.45, 7) is 5.29. The predicted molar refractivity (Wildman–Crippen MR) is 142 cm³/mol. The number of aryl methyl sites for hydroxylation is 2. The molecule has 0 aromatic heterocycles. The zero-order chi connectivity index (χ0) is 26.5. The molecule has 0 fully saturated rings. The molecule has 0 bridgehead atoms. The number of anilines is 3. The van der Waals surface area contributed by atoms with Crippen LogP contribution in [0.2, 0.25) is 0 Å². The van der Waals surface area contributed by atoms with Crippen molar-refractivity contribution < 1.29 is 26.4 Å². The third-order valence-electron chi connectivity index (χ3n) is 5.21. The maximum atomic E-state index is 12.8. The Labute approximate surface area is 212 Å². The molecule has 1 amide bonds. The predicted octanol–water partition coefficient (Wildman–Crippen LogP) is 3.91. The van der Waals surface area contributed by atoms with E-state index in [0.717, 1.165) is 21.7 Å². The lowest BCUT2D eigenvalue weighted by atomic mass is 10.1. The molecular formula is C25H29N3O6S2. The molecule has 9 nitrogen and oxygen atoms in total. The van der Waals surface area contributed by atoms with E-state index in [-0.39, 0.29) is 10.6 Å². The van der Waals surface area contributed by atoms with Crippen molar-refractivity contribution in [3.8, 4) is 5.75 Å². The van der Waals surface area contributed by atoms with Gasteiger partial charge >= 0.3 is 0 Å². The summed E-state index contributed by atoms with van der Waals surface area (Å²) in [5, 5.41) is 2.61. The van der Waals surface area contributed by atoms with Crippen molar-refractivity contribution >= 4 is 43.0 Å². The molecule has 3 rings (SSSR count). The summed E-state index contributed by atoms with van der Waals surface area (Å²) >= 11 is 0. The molecule has 11 heteroatoms. The number of hydrogen-bond acceptors (Lipinski definition) is 6. The third kappa shape index (κ3) is 6.76. The van der Waals surface area contributed by atoms with Crippen LogP contribution in [-0.4, -0.2) is 42.2 Å². The largest absolute Gasteiger partial charge is 0.492 e. The van der Waals surface area contributed by atoms with Gasteiger partial charge in [-0.2, -0.15) is 0 Å². The summed E-state index contributed by atoms with van der Waals surface area (Å²) in [5.41, 5.74) is 2.76. The van der Waals surface area contributed by atoms with Gasteiger partial charge < -0.3 is 10.1 Å². The smallest absolute Gasteiger partial charge is 0.261 e. The van der Waals surface area contributed by atoms with Gasteiger partial charge in [-0.1, -0.05) is 24.3 Å². The molecule has 0 spiro atoms. The van der Waals surface area contributed by atoms with Crippen LogP contribution in [-0.2, 0) is 24.8 Å². The lowest BCUT2D eigenvalue weighted by Crippen LogP contribution is -2.37. The molecule has 192 valence electrons. The first-order valence-corrected chi connectivity index (χ1v) is 14.4. The number of carbonyl (C=O) groups is 1. The van der Waals surface area contributed by atoms with Gasteiger partial charge in [-0.05, 0) is 74.4 Å². The molecule has 0 saturated heterocycles. The molecule has 2 N–H and O–H groups in total. The average Bonchev–Trinajstić information content (AvgIpc) is 2.80. The van der Waals surface area contributed by atoms with E-state index in [2.05, 4.69) is 10.0 Å². The molecule has 0 aliphatic carbocycles. The van der Waals surface area contributed by atoms with Crippen LogP contribution in [0.5, 0.6) is 5.75 Å². The average molecular weight is 532 g/mol. The molecule has 0 unspecified atom stereocenters. The second kappa shape index (κ2) is 11.0. The Bertz CT molecular complexity index is 1450. The number of para-hydroxylation sites is 2. The number of carbonyl (C=O) groups excluding carboxylic acids is 1. The van der Waals surface area contributed by atoms with E-state index >= 15 is 0 Å². The summed E-state index contributed by atoms with van der Waals surface area (Å²) < 4.78 is 59.6. The topological polar surface area (TPSA) is 122 Å². The number of sulfonamides is 2. The minimum absolute atomic E-state index is 0.0183. The molecule has 0 aliphatic heterocycles. The summed E-state index contributed by atoms with van der Waals surface area (Å²) in [5.74, 6) is -0.264. The van der Waals surface area contributed by atoms with Crippen LogP contribution < -0.4 is 19.1 Å². The number of rotatable bonds is 10. The van der Waals surface area contributed by atoms with Gasteiger partial charge in [-0.3, -0.25) is 13.8 Å². The Kier molecular flexibility index (Phi) is 8.26. The van der Waals surface area contributed by atoms with Crippen LogP contribution in [0.3, 0.4) is 0 Å². The first kappa shape index (κ1) is 27.0. The van der Waals surface area contributed by atoms with Crippen molar-refractivity contribution in [2.75, 3.05) is 33.8 Å². The molecule has 3 aromatic rings. The fourth-order valence-electron chi connectivity index (χ4n) is 3.42. The maximum absolute atomic E-state index is 12.8. The Hall–Kier alpha value is -3.57. The molecule has 36 heavy (non-hydrogen) atoms. The van der Waals surface area contributed by atoms with Crippen molar-refractivity contribution in [2.24, 2.45) is 0 Å². The van der Waals surface area contributed by atoms with Crippen molar-refractivity contribution in [3.05, 3.63) is 77.9 Å². The van der Waals surface area contributed by atoms with Gasteiger partial charge in [0.1, 0.15) is 12.3 Å². The van der Waals surface area contributed by atoms with Crippen LogP contribution in [0.15, 0.2) is 71.6 Å². The molecule has 0 heterocycles. The van der Waals surface area contributed by atoms with E-state index in [9.17, 15) is 21.6 Å². The molecule has 0 aliphatic rings. The van der Waals surface area contributed by atoms with E-state index in [0.29, 0.717) is 23.7 Å². The van der Waals surface area contributed by atoms with E-state index in [1.54, 1.807) is 37.3 Å². The number of amides is 1. The highest BCUT2D eigenvalue weighted by Gasteiger charge is 2.24. The van der Waals surface area contributed by atoms with Crippen LogP contribution in [0.4, 0.5) is 17.1 Å². The molecule has 0 saturated carbocycles. The zero-order valence-electron chi connectivity index (χ0n) is 20.5. The highest BCUT2D eigenvalue weighted by molar-refractivity contribution is 7.92. The summed E-state index contributed by atoms with van der Waals surface area (Å²) in [6, 6.07) is 17.6. The van der Waals surface area contributed by atoms with E-state index < -0.39 is 32.5 Å². The lowest BCUT2D eigenvalue weighted by molar-refractivity contribution is -0.114. The Morgan fingerprint density at radius 3 is 2.25 bits per heavy atom. The minimum Gasteiger partial charge on any atom is -0.492 e. The van der Waals surface area contributed by atoms with Crippen molar-refractivity contribution in [2.45, 2.75) is 25.7 Å². The standard InChI is InChI=1S/C25H29N3O6S2/c1-5-34-24-9-7-6-8-23(24)28(35(4,30)31)17-25(29)26-20-12-14-21(15-13-20)36(32,33)27-22-16-18(2)10-11-19(22)3/h6-16,27H,5,17H2,1-4H3,(H,26,29). The zero-order valence-corrected chi connectivity index (χ0v) is 22.1.